The maximum atomic E-state index is 12.0. The number of fused-ring (bicyclic) bond motifs is 1. The largest absolute Gasteiger partial charge is 0.358 e. The van der Waals surface area contributed by atoms with Crippen molar-refractivity contribution < 1.29 is 9.59 Å². The highest BCUT2D eigenvalue weighted by molar-refractivity contribution is 7.17. The molecule has 0 radical (unpaired) electrons. The maximum absolute atomic E-state index is 12.0. The number of Topliss-reactive ketones (excluding diaryl/α,β-unsaturated/α-hetero) is 1. The van der Waals surface area contributed by atoms with Gasteiger partial charge in [0.05, 0.1) is 17.1 Å². The van der Waals surface area contributed by atoms with E-state index in [0.717, 1.165) is 17.0 Å². The van der Waals surface area contributed by atoms with Crippen LogP contribution in [0.2, 0.25) is 0 Å². The van der Waals surface area contributed by atoms with Crippen LogP contribution in [-0.2, 0) is 11.2 Å². The number of hydrogen-bond acceptors (Lipinski definition) is 5. The van der Waals surface area contributed by atoms with Crippen LogP contribution in [0.15, 0.2) is 0 Å². The Balaban J connectivity index is 2.14. The summed E-state index contributed by atoms with van der Waals surface area (Å²) in [6, 6.07) is 0. The summed E-state index contributed by atoms with van der Waals surface area (Å²) in [5.41, 5.74) is 0.844. The SMILES string of the molecule is CNC(=O)CNc1nc2c(s1)C(=O)CC(C)(C)C2. The lowest BCUT2D eigenvalue weighted by molar-refractivity contribution is -0.118. The van der Waals surface area contributed by atoms with E-state index in [1.807, 2.05) is 0 Å². The molecule has 1 aromatic heterocycles. The molecule has 0 aliphatic heterocycles. The van der Waals surface area contributed by atoms with Gasteiger partial charge in [-0.15, -0.1) is 0 Å². The number of hydrogen-bond donors (Lipinski definition) is 2. The fraction of sp³-hybridized carbons (Fsp3) is 0.583. The summed E-state index contributed by atoms with van der Waals surface area (Å²) in [5, 5.41) is 6.12. The molecule has 5 nitrogen and oxygen atoms in total. The van der Waals surface area contributed by atoms with Crippen LogP contribution in [0.4, 0.5) is 5.13 Å². The number of amides is 1. The third kappa shape index (κ3) is 2.69. The predicted octanol–water partition coefficient (Wildman–Crippen LogP) is 1.46. The molecule has 1 amide bonds. The fourth-order valence-electron chi connectivity index (χ4n) is 2.04. The average molecular weight is 267 g/mol. The monoisotopic (exact) mass is 267 g/mol. The molecule has 0 unspecified atom stereocenters. The van der Waals surface area contributed by atoms with Crippen molar-refractivity contribution in [2.45, 2.75) is 26.7 Å². The normalized spacial score (nSPS) is 17.2. The number of likely N-dealkylation sites (N-methyl/N-ethyl adjacent to an activating group) is 1. The first-order valence-electron chi connectivity index (χ1n) is 5.89. The van der Waals surface area contributed by atoms with Crippen LogP contribution in [-0.4, -0.2) is 30.3 Å². The second kappa shape index (κ2) is 4.68. The molecule has 1 heterocycles. The molecule has 1 aliphatic carbocycles. The van der Waals surface area contributed by atoms with E-state index < -0.39 is 0 Å². The van der Waals surface area contributed by atoms with E-state index in [2.05, 4.69) is 29.5 Å². The summed E-state index contributed by atoms with van der Waals surface area (Å²) in [6.45, 7) is 4.33. The second-order valence-corrected chi connectivity index (χ2v) is 6.26. The number of carbonyl (C=O) groups is 2. The van der Waals surface area contributed by atoms with E-state index in [1.54, 1.807) is 7.05 Å². The van der Waals surface area contributed by atoms with Gasteiger partial charge in [-0.1, -0.05) is 25.2 Å². The van der Waals surface area contributed by atoms with Crippen molar-refractivity contribution >= 4 is 28.2 Å². The fourth-order valence-corrected chi connectivity index (χ4v) is 2.96. The Labute approximate surface area is 110 Å². The van der Waals surface area contributed by atoms with Crippen LogP contribution in [0, 0.1) is 5.41 Å². The molecule has 0 saturated carbocycles. The minimum absolute atomic E-state index is 0.0176. The van der Waals surface area contributed by atoms with E-state index in [0.29, 0.717) is 11.6 Å². The van der Waals surface area contributed by atoms with Crippen molar-refractivity contribution in [3.8, 4) is 0 Å². The van der Waals surface area contributed by atoms with Crippen LogP contribution in [0.25, 0.3) is 0 Å². The number of anilines is 1. The Morgan fingerprint density at radius 1 is 1.44 bits per heavy atom. The lowest BCUT2D eigenvalue weighted by Gasteiger charge is -2.26. The molecule has 0 saturated heterocycles. The third-order valence-corrected chi connectivity index (χ3v) is 4.01. The molecule has 18 heavy (non-hydrogen) atoms. The summed E-state index contributed by atoms with van der Waals surface area (Å²) in [6.07, 6.45) is 1.38. The molecule has 98 valence electrons. The van der Waals surface area contributed by atoms with Gasteiger partial charge < -0.3 is 10.6 Å². The van der Waals surface area contributed by atoms with Gasteiger partial charge in [0.1, 0.15) is 0 Å². The van der Waals surface area contributed by atoms with Crippen molar-refractivity contribution in [2.75, 3.05) is 18.9 Å². The molecular weight excluding hydrogens is 250 g/mol. The molecule has 6 heteroatoms. The molecule has 0 fully saturated rings. The van der Waals surface area contributed by atoms with Gasteiger partial charge in [0.2, 0.25) is 5.91 Å². The van der Waals surface area contributed by atoms with E-state index >= 15 is 0 Å². The Kier molecular flexibility index (Phi) is 3.38. The van der Waals surface area contributed by atoms with Gasteiger partial charge in [-0.25, -0.2) is 4.98 Å². The Hall–Kier alpha value is -1.43. The smallest absolute Gasteiger partial charge is 0.239 e. The zero-order chi connectivity index (χ0) is 13.3. The minimum atomic E-state index is -0.102. The number of rotatable bonds is 3. The first-order valence-corrected chi connectivity index (χ1v) is 6.70. The maximum Gasteiger partial charge on any atom is 0.239 e. The summed E-state index contributed by atoms with van der Waals surface area (Å²) in [5.74, 6) is 0.0570. The van der Waals surface area contributed by atoms with Crippen molar-refractivity contribution in [3.05, 3.63) is 10.6 Å². The lowest BCUT2D eigenvalue weighted by Crippen LogP contribution is -2.26. The molecule has 2 N–H and O–H groups in total. The summed E-state index contributed by atoms with van der Waals surface area (Å²) in [4.78, 5) is 28.3. The topological polar surface area (TPSA) is 71.1 Å². The molecule has 0 spiro atoms. The molecule has 1 aliphatic rings. The first-order chi connectivity index (χ1) is 8.41. The standard InChI is InChI=1S/C12H17N3O2S/c1-12(2)4-7-10(8(16)5-12)18-11(15-7)14-6-9(17)13-3/h4-6H2,1-3H3,(H,13,17)(H,14,15). The van der Waals surface area contributed by atoms with Gasteiger partial charge in [-0.05, 0) is 11.8 Å². The van der Waals surface area contributed by atoms with Gasteiger partial charge >= 0.3 is 0 Å². The number of nitrogens with zero attached hydrogens (tertiary/aromatic N) is 1. The predicted molar refractivity (Wildman–Crippen MR) is 71.1 cm³/mol. The molecule has 0 atom stereocenters. The number of ketones is 1. The highest BCUT2D eigenvalue weighted by atomic mass is 32.1. The highest BCUT2D eigenvalue weighted by Gasteiger charge is 2.33. The Morgan fingerprint density at radius 3 is 2.83 bits per heavy atom. The zero-order valence-corrected chi connectivity index (χ0v) is 11.6. The van der Waals surface area contributed by atoms with Gasteiger partial charge in [0, 0.05) is 13.5 Å². The molecule has 0 bridgehead atoms. The van der Waals surface area contributed by atoms with E-state index in [-0.39, 0.29) is 23.7 Å². The van der Waals surface area contributed by atoms with E-state index in [9.17, 15) is 9.59 Å². The van der Waals surface area contributed by atoms with Crippen molar-refractivity contribution in [2.24, 2.45) is 5.41 Å². The molecule has 1 aromatic rings. The number of thiazole rings is 1. The van der Waals surface area contributed by atoms with Crippen molar-refractivity contribution in [1.29, 1.82) is 0 Å². The molecular formula is C12H17N3O2S. The quantitative estimate of drug-likeness (QED) is 0.869. The minimum Gasteiger partial charge on any atom is -0.358 e. The van der Waals surface area contributed by atoms with Gasteiger partial charge in [0.25, 0.3) is 0 Å². The number of carbonyl (C=O) groups excluding carboxylic acids is 2. The van der Waals surface area contributed by atoms with Gasteiger partial charge in [-0.3, -0.25) is 9.59 Å². The number of nitrogens with one attached hydrogen (secondary N) is 2. The van der Waals surface area contributed by atoms with Gasteiger partial charge in [-0.2, -0.15) is 0 Å². The summed E-state index contributed by atoms with van der Waals surface area (Å²) < 4.78 is 0. The Morgan fingerprint density at radius 2 is 2.17 bits per heavy atom. The van der Waals surface area contributed by atoms with Gasteiger partial charge in [0.15, 0.2) is 10.9 Å². The van der Waals surface area contributed by atoms with E-state index in [4.69, 9.17) is 0 Å². The van der Waals surface area contributed by atoms with Crippen LogP contribution in [0.3, 0.4) is 0 Å². The van der Waals surface area contributed by atoms with Crippen molar-refractivity contribution in [3.63, 3.8) is 0 Å². The first kappa shape index (κ1) is 13.0. The van der Waals surface area contributed by atoms with Crippen LogP contribution in [0.5, 0.6) is 0 Å². The highest BCUT2D eigenvalue weighted by Crippen LogP contribution is 2.38. The van der Waals surface area contributed by atoms with E-state index in [1.165, 1.54) is 11.3 Å². The lowest BCUT2D eigenvalue weighted by atomic mass is 9.78. The summed E-state index contributed by atoms with van der Waals surface area (Å²) >= 11 is 1.34. The molecule has 0 aromatic carbocycles. The molecule has 2 rings (SSSR count). The second-order valence-electron chi connectivity index (χ2n) is 5.26. The van der Waals surface area contributed by atoms with Crippen LogP contribution in [0.1, 0.15) is 35.6 Å². The zero-order valence-electron chi connectivity index (χ0n) is 10.8. The number of aromatic nitrogens is 1. The third-order valence-electron chi connectivity index (χ3n) is 2.91. The summed E-state index contributed by atoms with van der Waals surface area (Å²) in [7, 11) is 1.59. The Bertz CT molecular complexity index is 494. The van der Waals surface area contributed by atoms with Crippen LogP contribution >= 0.6 is 11.3 Å². The average Bonchev–Trinajstić information content (AvgIpc) is 2.67. The van der Waals surface area contributed by atoms with Crippen LogP contribution < -0.4 is 10.6 Å². The van der Waals surface area contributed by atoms with Crippen molar-refractivity contribution in [1.82, 2.24) is 10.3 Å².